The van der Waals surface area contributed by atoms with Gasteiger partial charge in [-0.3, -0.25) is 0 Å². The van der Waals surface area contributed by atoms with E-state index in [2.05, 4.69) is 14.9 Å². The van der Waals surface area contributed by atoms with Crippen molar-refractivity contribution in [3.63, 3.8) is 0 Å². The van der Waals surface area contributed by atoms with Crippen molar-refractivity contribution in [3.05, 3.63) is 18.2 Å². The molecule has 13 heavy (non-hydrogen) atoms. The fourth-order valence-electron chi connectivity index (χ4n) is 1.88. The van der Waals surface area contributed by atoms with Crippen molar-refractivity contribution in [2.24, 2.45) is 5.73 Å². The van der Waals surface area contributed by atoms with Gasteiger partial charge in [-0.05, 0) is 19.4 Å². The Kier molecular flexibility index (Phi) is 2.61. The zero-order valence-electron chi connectivity index (χ0n) is 7.74. The molecule has 0 aromatic carbocycles. The summed E-state index contributed by atoms with van der Waals surface area (Å²) in [5, 5.41) is 3.46. The summed E-state index contributed by atoms with van der Waals surface area (Å²) in [6.07, 6.45) is 6.29. The summed E-state index contributed by atoms with van der Waals surface area (Å²) in [5.41, 5.74) is 6.80. The highest BCUT2D eigenvalue weighted by Gasteiger charge is 2.19. The van der Waals surface area contributed by atoms with E-state index in [0.717, 1.165) is 13.1 Å². The molecule has 1 aliphatic heterocycles. The Labute approximate surface area is 78.1 Å². The van der Waals surface area contributed by atoms with Crippen molar-refractivity contribution >= 4 is 0 Å². The lowest BCUT2D eigenvalue weighted by molar-refractivity contribution is 0.567. The van der Waals surface area contributed by atoms with Gasteiger partial charge in [-0.1, -0.05) is 0 Å². The lowest BCUT2D eigenvalue weighted by atomic mass is 10.2. The summed E-state index contributed by atoms with van der Waals surface area (Å²) >= 11 is 0. The molecule has 0 unspecified atom stereocenters. The Morgan fingerprint density at radius 1 is 1.69 bits per heavy atom. The van der Waals surface area contributed by atoms with Gasteiger partial charge < -0.3 is 15.6 Å². The Balaban J connectivity index is 2.13. The van der Waals surface area contributed by atoms with E-state index in [1.807, 2.05) is 12.5 Å². The first-order valence-corrected chi connectivity index (χ1v) is 4.85. The van der Waals surface area contributed by atoms with Gasteiger partial charge in [0.25, 0.3) is 0 Å². The van der Waals surface area contributed by atoms with Crippen LogP contribution in [0.2, 0.25) is 0 Å². The van der Waals surface area contributed by atoms with Crippen LogP contribution in [-0.2, 0) is 6.54 Å². The molecular formula is C9H16N4. The zero-order chi connectivity index (χ0) is 9.10. The zero-order valence-corrected chi connectivity index (χ0v) is 7.74. The molecule has 1 aliphatic rings. The quantitative estimate of drug-likeness (QED) is 0.702. The Morgan fingerprint density at radius 3 is 3.31 bits per heavy atom. The van der Waals surface area contributed by atoms with Gasteiger partial charge in [0.05, 0.1) is 12.0 Å². The third-order valence-corrected chi connectivity index (χ3v) is 2.53. The van der Waals surface area contributed by atoms with Crippen LogP contribution in [0, 0.1) is 0 Å². The van der Waals surface area contributed by atoms with Gasteiger partial charge in [0.2, 0.25) is 0 Å². The number of nitrogens with two attached hydrogens (primary N) is 1. The fraction of sp³-hybridized carbons (Fsp3) is 0.667. The number of imidazole rings is 1. The molecule has 1 atom stereocenters. The highest BCUT2D eigenvalue weighted by Crippen LogP contribution is 2.22. The van der Waals surface area contributed by atoms with Crippen LogP contribution in [0.1, 0.15) is 24.6 Å². The molecule has 1 saturated heterocycles. The van der Waals surface area contributed by atoms with Crippen molar-refractivity contribution < 1.29 is 0 Å². The van der Waals surface area contributed by atoms with E-state index in [1.54, 1.807) is 0 Å². The highest BCUT2D eigenvalue weighted by atomic mass is 15.1. The molecule has 72 valence electrons. The molecule has 2 heterocycles. The maximum Gasteiger partial charge on any atom is 0.0949 e. The van der Waals surface area contributed by atoms with Crippen molar-refractivity contribution in [1.82, 2.24) is 14.9 Å². The molecule has 1 aromatic heterocycles. The lowest BCUT2D eigenvalue weighted by Crippen LogP contribution is -2.19. The van der Waals surface area contributed by atoms with Gasteiger partial charge in [-0.25, -0.2) is 4.98 Å². The summed E-state index contributed by atoms with van der Waals surface area (Å²) in [7, 11) is 0. The van der Waals surface area contributed by atoms with E-state index in [1.165, 1.54) is 18.5 Å². The van der Waals surface area contributed by atoms with Crippen LogP contribution in [0.15, 0.2) is 12.5 Å². The number of nitrogens with zero attached hydrogens (tertiary/aromatic N) is 2. The molecule has 0 spiro atoms. The van der Waals surface area contributed by atoms with Gasteiger partial charge in [-0.15, -0.1) is 0 Å². The van der Waals surface area contributed by atoms with Crippen molar-refractivity contribution in [2.45, 2.75) is 25.4 Å². The van der Waals surface area contributed by atoms with E-state index in [9.17, 15) is 0 Å². The summed E-state index contributed by atoms with van der Waals surface area (Å²) in [5.74, 6) is 0. The molecule has 3 N–H and O–H groups in total. The van der Waals surface area contributed by atoms with E-state index in [0.29, 0.717) is 12.6 Å². The Bertz CT molecular complexity index is 262. The Morgan fingerprint density at radius 2 is 2.62 bits per heavy atom. The molecular weight excluding hydrogens is 164 g/mol. The third kappa shape index (κ3) is 1.73. The van der Waals surface area contributed by atoms with Gasteiger partial charge >= 0.3 is 0 Å². The van der Waals surface area contributed by atoms with E-state index in [-0.39, 0.29) is 0 Å². The molecule has 1 fully saturated rings. The smallest absolute Gasteiger partial charge is 0.0949 e. The molecule has 1 aromatic rings. The lowest BCUT2D eigenvalue weighted by Gasteiger charge is -2.12. The van der Waals surface area contributed by atoms with Crippen molar-refractivity contribution in [2.75, 3.05) is 13.1 Å². The molecule has 0 radical (unpaired) electrons. The van der Waals surface area contributed by atoms with Crippen molar-refractivity contribution in [1.29, 1.82) is 0 Å². The third-order valence-electron chi connectivity index (χ3n) is 2.53. The van der Waals surface area contributed by atoms with E-state index < -0.39 is 0 Å². The van der Waals surface area contributed by atoms with Crippen LogP contribution in [0.25, 0.3) is 0 Å². The maximum atomic E-state index is 5.52. The monoisotopic (exact) mass is 180 g/mol. The topological polar surface area (TPSA) is 55.9 Å². The summed E-state index contributed by atoms with van der Waals surface area (Å²) in [6.45, 7) is 2.67. The molecule has 0 saturated carbocycles. The van der Waals surface area contributed by atoms with Crippen LogP contribution >= 0.6 is 0 Å². The van der Waals surface area contributed by atoms with Crippen molar-refractivity contribution in [3.8, 4) is 0 Å². The Hall–Kier alpha value is -0.870. The first-order valence-electron chi connectivity index (χ1n) is 4.85. The SMILES string of the molecule is NCCn1cncc1[C@@H]1CCCN1. The van der Waals surface area contributed by atoms with Crippen LogP contribution < -0.4 is 11.1 Å². The minimum absolute atomic E-state index is 0.494. The molecule has 0 amide bonds. The maximum absolute atomic E-state index is 5.52. The predicted octanol–water partition coefficient (Wildman–Crippen LogP) is 0.266. The first kappa shape index (κ1) is 8.72. The summed E-state index contributed by atoms with van der Waals surface area (Å²) in [6, 6.07) is 0.494. The fourth-order valence-corrected chi connectivity index (χ4v) is 1.88. The van der Waals surface area contributed by atoms with Crippen LogP contribution in [0.5, 0.6) is 0 Å². The van der Waals surface area contributed by atoms with Gasteiger partial charge in [0.1, 0.15) is 0 Å². The summed E-state index contributed by atoms with van der Waals surface area (Å²) in [4.78, 5) is 4.15. The van der Waals surface area contributed by atoms with E-state index >= 15 is 0 Å². The van der Waals surface area contributed by atoms with Crippen LogP contribution in [0.3, 0.4) is 0 Å². The minimum atomic E-state index is 0.494. The number of rotatable bonds is 3. The second-order valence-electron chi connectivity index (χ2n) is 3.45. The molecule has 0 aliphatic carbocycles. The largest absolute Gasteiger partial charge is 0.332 e. The van der Waals surface area contributed by atoms with Crippen LogP contribution in [-0.4, -0.2) is 22.6 Å². The van der Waals surface area contributed by atoms with Gasteiger partial charge in [0, 0.05) is 25.3 Å². The second-order valence-corrected chi connectivity index (χ2v) is 3.45. The first-order chi connectivity index (χ1) is 6.42. The number of hydrogen-bond acceptors (Lipinski definition) is 3. The molecule has 2 rings (SSSR count). The average Bonchev–Trinajstić information content (AvgIpc) is 2.71. The van der Waals surface area contributed by atoms with Gasteiger partial charge in [0.15, 0.2) is 0 Å². The van der Waals surface area contributed by atoms with Gasteiger partial charge in [-0.2, -0.15) is 0 Å². The molecule has 4 nitrogen and oxygen atoms in total. The molecule has 4 heteroatoms. The summed E-state index contributed by atoms with van der Waals surface area (Å²) < 4.78 is 2.14. The molecule has 0 bridgehead atoms. The second kappa shape index (κ2) is 3.89. The average molecular weight is 180 g/mol. The minimum Gasteiger partial charge on any atom is -0.332 e. The highest BCUT2D eigenvalue weighted by molar-refractivity contribution is 5.07. The normalized spacial score (nSPS) is 22.4. The van der Waals surface area contributed by atoms with E-state index in [4.69, 9.17) is 5.73 Å². The standard InChI is InChI=1S/C9H16N4/c10-3-5-13-7-11-6-9(13)8-2-1-4-12-8/h6-8,12H,1-5,10H2/t8-/m0/s1. The number of hydrogen-bond donors (Lipinski definition) is 2. The number of nitrogens with one attached hydrogen (secondary N) is 1. The predicted molar refractivity (Wildman–Crippen MR) is 51.3 cm³/mol. The number of aromatic nitrogens is 2. The van der Waals surface area contributed by atoms with Crippen LogP contribution in [0.4, 0.5) is 0 Å².